The van der Waals surface area contributed by atoms with Gasteiger partial charge in [0, 0.05) is 0 Å². The van der Waals surface area contributed by atoms with Gasteiger partial charge in [0.2, 0.25) is 0 Å². The van der Waals surface area contributed by atoms with Gasteiger partial charge in [0.15, 0.2) is 0 Å². The van der Waals surface area contributed by atoms with Crippen LogP contribution in [0.15, 0.2) is 0 Å². The molecule has 0 unspecified atom stereocenters. The van der Waals surface area contributed by atoms with Crippen LogP contribution in [-0.2, 0) is 0 Å². The average Bonchev–Trinajstić information content (AvgIpc) is 1.85. The second-order valence-electron chi connectivity index (χ2n) is 2.41. The van der Waals surface area contributed by atoms with Gasteiger partial charge in [-0.15, -0.1) is 6.54 Å². The zero-order valence-corrected chi connectivity index (χ0v) is 12.4. The fourth-order valence-electron chi connectivity index (χ4n) is 0.731. The fourth-order valence-corrected chi connectivity index (χ4v) is 0.731. The van der Waals surface area contributed by atoms with Crippen LogP contribution in [0.5, 0.6) is 0 Å². The van der Waals surface area contributed by atoms with Gasteiger partial charge in [-0.05, 0) is 26.6 Å². The van der Waals surface area contributed by atoms with Crippen molar-refractivity contribution in [3.8, 4) is 0 Å². The summed E-state index contributed by atoms with van der Waals surface area (Å²) in [6, 6.07) is 0. The van der Waals surface area contributed by atoms with Crippen molar-refractivity contribution in [3.63, 3.8) is 0 Å². The van der Waals surface area contributed by atoms with Crippen LogP contribution in [0.1, 0.15) is 19.8 Å². The third-order valence-corrected chi connectivity index (χ3v) is 1.39. The van der Waals surface area contributed by atoms with E-state index < -0.39 is 0 Å². The molecule has 0 aliphatic heterocycles. The molecule has 0 bridgehead atoms. The topological polar surface area (TPSA) is 27.0 Å². The van der Waals surface area contributed by atoms with Crippen LogP contribution in [0.2, 0.25) is 0 Å². The Labute approximate surface area is 113 Å². The molecule has 0 radical (unpaired) electrons. The van der Waals surface area contributed by atoms with E-state index in [0.717, 1.165) is 13.1 Å². The monoisotopic (exact) mass is 214 g/mol. The Hall–Kier alpha value is 1.73. The van der Waals surface area contributed by atoms with Gasteiger partial charge in [-0.2, -0.15) is 0 Å². The minimum absolute atomic E-state index is 0. The normalized spacial score (nSPS) is 9.60. The Kier molecular flexibility index (Phi) is 15.3. The third kappa shape index (κ3) is 9.73. The van der Waals surface area contributed by atoms with Crippen LogP contribution >= 0.6 is 0 Å². The van der Waals surface area contributed by atoms with E-state index >= 15 is 0 Å². The maximum absolute atomic E-state index is 6.93. The second-order valence-corrected chi connectivity index (χ2v) is 2.41. The second kappa shape index (κ2) is 10.7. The first-order valence-electron chi connectivity index (χ1n) is 3.64. The summed E-state index contributed by atoms with van der Waals surface area (Å²) in [5.74, 6) is 0. The molecule has 0 aliphatic carbocycles. The Balaban J connectivity index is 0. The molecule has 10 heavy (non-hydrogen) atoms. The van der Waals surface area contributed by atoms with Crippen LogP contribution < -0.4 is 58.2 Å². The number of nitrogens with one attached hydrogen (secondary N) is 1. The molecule has 0 atom stereocenters. The fraction of sp³-hybridized carbons (Fsp3) is 1.00. The predicted molar refractivity (Wildman–Crippen MR) is 41.6 cm³/mol. The molecule has 2 nitrogen and oxygen atoms in total. The van der Waals surface area contributed by atoms with Crippen LogP contribution in [0, 0.1) is 0 Å². The summed E-state index contributed by atoms with van der Waals surface area (Å²) in [6.07, 6.45) is 2.51. The van der Waals surface area contributed by atoms with E-state index in [-0.39, 0.29) is 58.2 Å². The largest absolute Gasteiger partial charge is 1.00 e. The average molecular weight is 215 g/mol. The molecule has 0 aromatic carbocycles. The van der Waals surface area contributed by atoms with Crippen LogP contribution in [0.4, 0.5) is 0 Å². The minimum atomic E-state index is 0. The zero-order valence-electron chi connectivity index (χ0n) is 7.48. The first-order chi connectivity index (χ1) is 4.31. The van der Waals surface area contributed by atoms with Crippen molar-refractivity contribution in [1.82, 2.24) is 4.90 Å². The first-order valence-corrected chi connectivity index (χ1v) is 3.64. The van der Waals surface area contributed by atoms with Gasteiger partial charge < -0.3 is 10.6 Å². The molecule has 3 heteroatoms. The summed E-state index contributed by atoms with van der Waals surface area (Å²) in [6.45, 7) is 4.78. The molecule has 0 aromatic rings. The summed E-state index contributed by atoms with van der Waals surface area (Å²) in [7, 11) is 2.07. The smallest absolute Gasteiger partial charge is 0.676 e. The number of hydrogen-bond acceptors (Lipinski definition) is 1. The molecule has 56 valence electrons. The van der Waals surface area contributed by atoms with Gasteiger partial charge in [-0.3, -0.25) is 0 Å². The van der Waals surface area contributed by atoms with Crippen molar-refractivity contribution < 1.29 is 58.2 Å². The molecule has 0 heterocycles. The van der Waals surface area contributed by atoms with E-state index in [4.69, 9.17) is 5.73 Å². The molecule has 0 saturated carbocycles. The van der Waals surface area contributed by atoms with E-state index in [1.165, 1.54) is 12.8 Å². The van der Waals surface area contributed by atoms with E-state index in [1.807, 2.05) is 0 Å². The summed E-state index contributed by atoms with van der Waals surface area (Å²) >= 11 is 0. The zero-order chi connectivity index (χ0) is 7.11. The predicted octanol–water partition coefficient (Wildman–Crippen LogP) is -1.23. The van der Waals surface area contributed by atoms with Gasteiger partial charge in [0.25, 0.3) is 0 Å². The third-order valence-electron chi connectivity index (χ3n) is 1.39. The number of rotatable bonds is 5. The number of unbranched alkanes of at least 4 members (excludes halogenated alkanes) is 1. The molecule has 0 rings (SSSR count). The van der Waals surface area contributed by atoms with Crippen molar-refractivity contribution >= 4 is 0 Å². The molecule has 0 fully saturated rings. The molecule has 0 amide bonds. The van der Waals surface area contributed by atoms with Gasteiger partial charge >= 0.3 is 58.2 Å². The maximum atomic E-state index is 6.93. The summed E-state index contributed by atoms with van der Waals surface area (Å²) in [5, 5.41) is 0. The molecular weight excluding hydrogens is 198 g/mol. The van der Waals surface area contributed by atoms with Crippen molar-refractivity contribution in [3.05, 3.63) is 5.73 Å². The van der Waals surface area contributed by atoms with E-state index in [0.29, 0.717) is 6.54 Å². The molecule has 0 aromatic heterocycles. The number of likely N-dealkylation sites (N-methyl/N-ethyl adjacent to an activating group) is 1. The van der Waals surface area contributed by atoms with E-state index in [9.17, 15) is 0 Å². The van der Waals surface area contributed by atoms with Crippen molar-refractivity contribution in [1.29, 1.82) is 0 Å². The van der Waals surface area contributed by atoms with Crippen LogP contribution in [0.3, 0.4) is 0 Å². The SMILES string of the molecule is CCCCN(C)CC[NH-].[Rb+]. The molecular formula is C7H17N2Rb. The Morgan fingerprint density at radius 1 is 1.30 bits per heavy atom. The first kappa shape index (κ1) is 14.3. The van der Waals surface area contributed by atoms with Crippen LogP contribution in [0.25, 0.3) is 5.73 Å². The van der Waals surface area contributed by atoms with Gasteiger partial charge in [0.1, 0.15) is 0 Å². The summed E-state index contributed by atoms with van der Waals surface area (Å²) in [5.41, 5.74) is 6.93. The molecule has 0 saturated heterocycles. The van der Waals surface area contributed by atoms with E-state index in [2.05, 4.69) is 18.9 Å². The summed E-state index contributed by atoms with van der Waals surface area (Å²) in [4.78, 5) is 2.20. The number of hydrogen-bond donors (Lipinski definition) is 0. The molecule has 0 spiro atoms. The van der Waals surface area contributed by atoms with Gasteiger partial charge in [0.05, 0.1) is 0 Å². The summed E-state index contributed by atoms with van der Waals surface area (Å²) < 4.78 is 0. The molecule has 0 aliphatic rings. The standard InChI is InChI=1S/C7H17N2.Rb/c1-3-4-6-9(2)7-5-8;/h8H,3-7H2,1-2H3;/q-1;+1. The van der Waals surface area contributed by atoms with Crippen LogP contribution in [-0.4, -0.2) is 31.6 Å². The number of nitrogens with zero attached hydrogens (tertiary/aromatic N) is 1. The van der Waals surface area contributed by atoms with Crippen molar-refractivity contribution in [2.45, 2.75) is 19.8 Å². The van der Waals surface area contributed by atoms with E-state index in [1.54, 1.807) is 0 Å². The molecule has 1 N–H and O–H groups in total. The maximum Gasteiger partial charge on any atom is 1.00 e. The Bertz CT molecular complexity index is 59.6. The Morgan fingerprint density at radius 2 is 1.90 bits per heavy atom. The van der Waals surface area contributed by atoms with Crippen molar-refractivity contribution in [2.24, 2.45) is 0 Å². The Morgan fingerprint density at radius 3 is 2.30 bits per heavy atom. The van der Waals surface area contributed by atoms with Crippen molar-refractivity contribution in [2.75, 3.05) is 26.7 Å². The minimum Gasteiger partial charge on any atom is -0.676 e. The van der Waals surface area contributed by atoms with Gasteiger partial charge in [-0.25, -0.2) is 0 Å². The van der Waals surface area contributed by atoms with Gasteiger partial charge in [-0.1, -0.05) is 13.3 Å². The quantitative estimate of drug-likeness (QED) is 0.564.